The van der Waals surface area contributed by atoms with Gasteiger partial charge in [0.1, 0.15) is 5.67 Å². The molecule has 0 amide bonds. The number of alkyl halides is 1. The van der Waals surface area contributed by atoms with E-state index in [1.165, 1.54) is 32.0 Å². The first-order valence-electron chi connectivity index (χ1n) is 3.32. The Morgan fingerprint density at radius 3 is 2.36 bits per heavy atom. The lowest BCUT2D eigenvalue weighted by atomic mass is 10.1. The molecule has 1 aromatic heterocycles. The summed E-state index contributed by atoms with van der Waals surface area (Å²) in [5.74, 6) is -0.645. The molecule has 0 fully saturated rings. The summed E-state index contributed by atoms with van der Waals surface area (Å²) in [6.45, 7) is 2.68. The van der Waals surface area contributed by atoms with Gasteiger partial charge in [0.15, 0.2) is 0 Å². The molecular formula is C8H9F2N. The van der Waals surface area contributed by atoms with Crippen LogP contribution in [0.2, 0.25) is 0 Å². The molecule has 0 aromatic carbocycles. The maximum atomic E-state index is 13.1. The molecule has 0 saturated carbocycles. The highest BCUT2D eigenvalue weighted by Crippen LogP contribution is 2.21. The molecule has 0 aliphatic heterocycles. The van der Waals surface area contributed by atoms with Gasteiger partial charge in [-0.25, -0.2) is 9.37 Å². The van der Waals surface area contributed by atoms with Crippen LogP contribution in [0.4, 0.5) is 8.78 Å². The Kier molecular flexibility index (Phi) is 1.89. The van der Waals surface area contributed by atoms with Crippen LogP contribution in [0.5, 0.6) is 0 Å². The Morgan fingerprint density at radius 2 is 2.00 bits per heavy atom. The zero-order valence-corrected chi connectivity index (χ0v) is 6.44. The quantitative estimate of drug-likeness (QED) is 0.570. The standard InChI is InChI=1S/C8H9F2N/c1-8(2,10)6-4-3-5-7(9)11-6/h3-5H,1-2H3. The van der Waals surface area contributed by atoms with Gasteiger partial charge in [-0.15, -0.1) is 0 Å². The fraction of sp³-hybridized carbons (Fsp3) is 0.375. The van der Waals surface area contributed by atoms with Gasteiger partial charge in [0.25, 0.3) is 0 Å². The molecule has 1 aromatic rings. The summed E-state index contributed by atoms with van der Waals surface area (Å²) in [6, 6.07) is 4.09. The van der Waals surface area contributed by atoms with Crippen molar-refractivity contribution in [3.63, 3.8) is 0 Å². The van der Waals surface area contributed by atoms with E-state index in [0.717, 1.165) is 0 Å². The molecule has 3 heteroatoms. The Bertz CT molecular complexity index is 253. The number of hydrogen-bond acceptors (Lipinski definition) is 1. The van der Waals surface area contributed by atoms with Gasteiger partial charge in [0, 0.05) is 0 Å². The highest BCUT2D eigenvalue weighted by molar-refractivity contribution is 5.11. The lowest BCUT2D eigenvalue weighted by molar-refractivity contribution is 0.212. The Morgan fingerprint density at radius 1 is 1.36 bits per heavy atom. The number of nitrogens with zero attached hydrogens (tertiary/aromatic N) is 1. The van der Waals surface area contributed by atoms with Gasteiger partial charge in [0.05, 0.1) is 5.69 Å². The average molecular weight is 157 g/mol. The third kappa shape index (κ3) is 1.97. The maximum Gasteiger partial charge on any atom is 0.213 e. The van der Waals surface area contributed by atoms with E-state index in [9.17, 15) is 8.78 Å². The van der Waals surface area contributed by atoms with Crippen LogP contribution in [0.15, 0.2) is 18.2 Å². The van der Waals surface area contributed by atoms with Crippen LogP contribution in [0.1, 0.15) is 19.5 Å². The minimum atomic E-state index is -1.57. The van der Waals surface area contributed by atoms with E-state index >= 15 is 0 Å². The van der Waals surface area contributed by atoms with Crippen LogP contribution in [0, 0.1) is 5.95 Å². The maximum absolute atomic E-state index is 13.1. The van der Waals surface area contributed by atoms with Crippen molar-refractivity contribution in [1.29, 1.82) is 0 Å². The minimum Gasteiger partial charge on any atom is -0.238 e. The predicted octanol–water partition coefficient (Wildman–Crippen LogP) is 2.43. The summed E-state index contributed by atoms with van der Waals surface area (Å²) in [5, 5.41) is 0. The normalized spacial score (nSPS) is 11.6. The van der Waals surface area contributed by atoms with E-state index in [4.69, 9.17) is 0 Å². The summed E-state index contributed by atoms with van der Waals surface area (Å²) in [6.07, 6.45) is 0. The molecule has 0 saturated heterocycles. The minimum absolute atomic E-state index is 0.123. The topological polar surface area (TPSA) is 12.9 Å². The molecule has 0 atom stereocenters. The Labute approximate surface area is 64.1 Å². The lowest BCUT2D eigenvalue weighted by Gasteiger charge is -2.12. The second-order valence-electron chi connectivity index (χ2n) is 2.82. The molecule has 0 aliphatic rings. The van der Waals surface area contributed by atoms with Gasteiger partial charge >= 0.3 is 0 Å². The van der Waals surface area contributed by atoms with Crippen LogP contribution in [0.25, 0.3) is 0 Å². The third-order valence-electron chi connectivity index (χ3n) is 1.32. The summed E-state index contributed by atoms with van der Waals surface area (Å²) in [5.41, 5.74) is -1.44. The highest BCUT2D eigenvalue weighted by Gasteiger charge is 2.20. The van der Waals surface area contributed by atoms with E-state index in [0.29, 0.717) is 0 Å². The summed E-state index contributed by atoms with van der Waals surface area (Å²) in [7, 11) is 0. The number of rotatable bonds is 1. The smallest absolute Gasteiger partial charge is 0.213 e. The van der Waals surface area contributed by atoms with Crippen molar-refractivity contribution in [3.05, 3.63) is 29.8 Å². The number of hydrogen-bond donors (Lipinski definition) is 0. The van der Waals surface area contributed by atoms with Gasteiger partial charge in [-0.05, 0) is 26.0 Å². The molecule has 0 N–H and O–H groups in total. The van der Waals surface area contributed by atoms with Gasteiger partial charge in [-0.2, -0.15) is 4.39 Å². The van der Waals surface area contributed by atoms with Crippen LogP contribution in [0.3, 0.4) is 0 Å². The van der Waals surface area contributed by atoms with Crippen molar-refractivity contribution in [2.75, 3.05) is 0 Å². The number of pyridine rings is 1. The molecule has 0 aliphatic carbocycles. The summed E-state index contributed by atoms with van der Waals surface area (Å²) < 4.78 is 25.5. The van der Waals surface area contributed by atoms with Crippen LogP contribution in [-0.2, 0) is 5.67 Å². The van der Waals surface area contributed by atoms with Crippen LogP contribution in [-0.4, -0.2) is 4.98 Å². The predicted molar refractivity (Wildman–Crippen MR) is 38.3 cm³/mol. The van der Waals surface area contributed by atoms with Crippen molar-refractivity contribution in [3.8, 4) is 0 Å². The number of halogens is 2. The SMILES string of the molecule is CC(C)(F)c1cccc(F)n1. The second kappa shape index (κ2) is 2.57. The van der Waals surface area contributed by atoms with E-state index in [2.05, 4.69) is 4.98 Å². The molecule has 0 spiro atoms. The molecule has 0 bridgehead atoms. The van der Waals surface area contributed by atoms with Gasteiger partial charge in [-0.1, -0.05) is 6.07 Å². The van der Waals surface area contributed by atoms with Crippen molar-refractivity contribution in [2.45, 2.75) is 19.5 Å². The zero-order chi connectivity index (χ0) is 8.48. The Hall–Kier alpha value is -0.990. The van der Waals surface area contributed by atoms with Gasteiger partial charge < -0.3 is 0 Å². The van der Waals surface area contributed by atoms with Crippen LogP contribution >= 0.6 is 0 Å². The van der Waals surface area contributed by atoms with Crippen LogP contribution < -0.4 is 0 Å². The fourth-order valence-corrected chi connectivity index (χ4v) is 0.739. The first-order chi connectivity index (χ1) is 5.00. The molecule has 1 rings (SSSR count). The molecule has 0 radical (unpaired) electrons. The zero-order valence-electron chi connectivity index (χ0n) is 6.44. The highest BCUT2D eigenvalue weighted by atomic mass is 19.1. The van der Waals surface area contributed by atoms with E-state index in [1.54, 1.807) is 0 Å². The second-order valence-corrected chi connectivity index (χ2v) is 2.82. The fourth-order valence-electron chi connectivity index (χ4n) is 0.739. The number of aromatic nitrogens is 1. The van der Waals surface area contributed by atoms with E-state index < -0.39 is 11.6 Å². The molecule has 11 heavy (non-hydrogen) atoms. The first kappa shape index (κ1) is 8.11. The van der Waals surface area contributed by atoms with Crippen molar-refractivity contribution in [1.82, 2.24) is 4.98 Å². The Balaban J connectivity index is 3.06. The average Bonchev–Trinajstić information content (AvgIpc) is 1.86. The molecule has 0 unspecified atom stereocenters. The first-order valence-corrected chi connectivity index (χ1v) is 3.32. The van der Waals surface area contributed by atoms with E-state index in [-0.39, 0.29) is 5.69 Å². The molecule has 1 nitrogen and oxygen atoms in total. The third-order valence-corrected chi connectivity index (χ3v) is 1.32. The van der Waals surface area contributed by atoms with Crippen molar-refractivity contribution < 1.29 is 8.78 Å². The molecular weight excluding hydrogens is 148 g/mol. The summed E-state index contributed by atoms with van der Waals surface area (Å²) >= 11 is 0. The molecule has 1 heterocycles. The van der Waals surface area contributed by atoms with E-state index in [1.807, 2.05) is 0 Å². The van der Waals surface area contributed by atoms with Gasteiger partial charge in [0.2, 0.25) is 5.95 Å². The lowest BCUT2D eigenvalue weighted by Crippen LogP contribution is -2.11. The summed E-state index contributed by atoms with van der Waals surface area (Å²) in [4.78, 5) is 3.40. The monoisotopic (exact) mass is 157 g/mol. The molecule has 60 valence electrons. The van der Waals surface area contributed by atoms with Crippen molar-refractivity contribution >= 4 is 0 Å². The van der Waals surface area contributed by atoms with Crippen molar-refractivity contribution in [2.24, 2.45) is 0 Å². The largest absolute Gasteiger partial charge is 0.238 e. The van der Waals surface area contributed by atoms with Gasteiger partial charge in [-0.3, -0.25) is 0 Å².